The Morgan fingerprint density at radius 1 is 1.15 bits per heavy atom. The van der Waals surface area contributed by atoms with Crippen molar-refractivity contribution in [2.24, 2.45) is 0 Å². The highest BCUT2D eigenvalue weighted by Crippen LogP contribution is 2.23. The van der Waals surface area contributed by atoms with Crippen molar-refractivity contribution in [1.29, 1.82) is 0 Å². The van der Waals surface area contributed by atoms with Gasteiger partial charge in [0.15, 0.2) is 0 Å². The second kappa shape index (κ2) is 6.99. The van der Waals surface area contributed by atoms with Crippen LogP contribution >= 0.6 is 0 Å². The lowest BCUT2D eigenvalue weighted by Crippen LogP contribution is -2.42. The molecular formula is C18H19N3O5. The van der Waals surface area contributed by atoms with Crippen molar-refractivity contribution in [1.82, 2.24) is 15.1 Å². The van der Waals surface area contributed by atoms with Crippen LogP contribution in [0.4, 0.5) is 4.79 Å². The molecule has 8 nitrogen and oxygen atoms in total. The number of hydrogen-bond donors (Lipinski definition) is 1. The summed E-state index contributed by atoms with van der Waals surface area (Å²) in [5, 5.41) is 3.59. The van der Waals surface area contributed by atoms with Gasteiger partial charge in [-0.3, -0.25) is 19.3 Å². The van der Waals surface area contributed by atoms with E-state index in [2.05, 4.69) is 5.32 Å². The normalized spacial score (nSPS) is 15.8. The zero-order valence-electron chi connectivity index (χ0n) is 14.5. The molecule has 0 bridgehead atoms. The van der Waals surface area contributed by atoms with Crippen LogP contribution in [-0.2, 0) is 14.4 Å². The van der Waals surface area contributed by atoms with Crippen LogP contribution in [0.3, 0.4) is 0 Å². The number of nitrogens with zero attached hydrogens (tertiary/aromatic N) is 2. The van der Waals surface area contributed by atoms with Gasteiger partial charge < -0.3 is 9.73 Å². The monoisotopic (exact) mass is 357 g/mol. The fourth-order valence-electron chi connectivity index (χ4n) is 2.83. The van der Waals surface area contributed by atoms with Gasteiger partial charge >= 0.3 is 17.8 Å². The summed E-state index contributed by atoms with van der Waals surface area (Å²) in [7, 11) is 0. The maximum absolute atomic E-state index is 12.2. The number of para-hydroxylation sites is 1. The lowest BCUT2D eigenvalue weighted by molar-refractivity contribution is -0.144. The maximum Gasteiger partial charge on any atom is 0.334 e. The van der Waals surface area contributed by atoms with Crippen LogP contribution in [0.2, 0.25) is 0 Å². The summed E-state index contributed by atoms with van der Waals surface area (Å²) in [5.74, 6) is -1.86. The smallest absolute Gasteiger partial charge is 0.334 e. The average Bonchev–Trinajstić information content (AvgIpc) is 3.13. The first-order valence-electron chi connectivity index (χ1n) is 8.37. The fraction of sp³-hybridized carbons (Fsp3) is 0.333. The van der Waals surface area contributed by atoms with E-state index in [1.54, 1.807) is 13.8 Å². The van der Waals surface area contributed by atoms with Crippen LogP contribution in [-0.4, -0.2) is 46.6 Å². The van der Waals surface area contributed by atoms with E-state index in [4.69, 9.17) is 4.42 Å². The first-order valence-corrected chi connectivity index (χ1v) is 8.37. The number of furan rings is 1. The summed E-state index contributed by atoms with van der Waals surface area (Å²) in [4.78, 5) is 49.6. The standard InChI is InChI=1S/C18H19N3O5/c1-3-8-20-16(23)17(24)21(18(20)25)10-15(22)19-11(2)14-9-12-6-4-5-7-13(12)26-14/h4-7,9,11H,3,8,10H2,1-2H3,(H,19,22)/t11-/m1/s1. The van der Waals surface area contributed by atoms with E-state index in [0.717, 1.165) is 10.3 Å². The fourth-order valence-corrected chi connectivity index (χ4v) is 2.83. The third-order valence-electron chi connectivity index (χ3n) is 4.13. The molecule has 8 heteroatoms. The van der Waals surface area contributed by atoms with Crippen LogP contribution in [0.1, 0.15) is 32.1 Å². The zero-order valence-corrected chi connectivity index (χ0v) is 14.5. The van der Waals surface area contributed by atoms with Crippen molar-refractivity contribution in [2.45, 2.75) is 26.3 Å². The molecular weight excluding hydrogens is 338 g/mol. The Bertz CT molecular complexity index is 855. The van der Waals surface area contributed by atoms with Gasteiger partial charge in [-0.2, -0.15) is 0 Å². The van der Waals surface area contributed by atoms with Crippen molar-refractivity contribution in [3.8, 4) is 0 Å². The van der Waals surface area contributed by atoms with Crippen LogP contribution < -0.4 is 5.32 Å². The lowest BCUT2D eigenvalue weighted by atomic mass is 10.2. The molecule has 1 fully saturated rings. The summed E-state index contributed by atoms with van der Waals surface area (Å²) in [6.07, 6.45) is 0.536. The molecule has 1 aliphatic heterocycles. The Hall–Kier alpha value is -3.16. The molecule has 1 saturated heterocycles. The first kappa shape index (κ1) is 17.7. The second-order valence-electron chi connectivity index (χ2n) is 6.11. The van der Waals surface area contributed by atoms with E-state index in [-0.39, 0.29) is 6.54 Å². The van der Waals surface area contributed by atoms with E-state index in [0.29, 0.717) is 22.7 Å². The van der Waals surface area contributed by atoms with Gasteiger partial charge in [0.25, 0.3) is 0 Å². The van der Waals surface area contributed by atoms with E-state index in [1.165, 1.54) is 0 Å². The summed E-state index contributed by atoms with van der Waals surface area (Å²) >= 11 is 0. The van der Waals surface area contributed by atoms with Crippen molar-refractivity contribution in [2.75, 3.05) is 13.1 Å². The number of fused-ring (bicyclic) bond motifs is 1. The van der Waals surface area contributed by atoms with Crippen molar-refractivity contribution in [3.63, 3.8) is 0 Å². The Balaban J connectivity index is 1.65. The molecule has 0 radical (unpaired) electrons. The molecule has 0 unspecified atom stereocenters. The highest BCUT2D eigenvalue weighted by Gasteiger charge is 2.44. The summed E-state index contributed by atoms with van der Waals surface area (Å²) in [6.45, 7) is 3.16. The van der Waals surface area contributed by atoms with Crippen LogP contribution in [0.5, 0.6) is 0 Å². The summed E-state index contributed by atoms with van der Waals surface area (Å²) in [5.41, 5.74) is 0.703. The predicted octanol–water partition coefficient (Wildman–Crippen LogP) is 1.81. The number of urea groups is 1. The maximum atomic E-state index is 12.2. The zero-order chi connectivity index (χ0) is 18.8. The topological polar surface area (TPSA) is 99.9 Å². The number of carbonyl (C=O) groups excluding carboxylic acids is 4. The van der Waals surface area contributed by atoms with Gasteiger partial charge in [-0.1, -0.05) is 25.1 Å². The van der Waals surface area contributed by atoms with E-state index < -0.39 is 36.3 Å². The predicted molar refractivity (Wildman–Crippen MR) is 91.9 cm³/mol. The third kappa shape index (κ3) is 3.17. The van der Waals surface area contributed by atoms with Gasteiger partial charge in [0.05, 0.1) is 6.04 Å². The molecule has 0 saturated carbocycles. The lowest BCUT2D eigenvalue weighted by Gasteiger charge is -2.16. The Morgan fingerprint density at radius 2 is 1.85 bits per heavy atom. The van der Waals surface area contributed by atoms with Gasteiger partial charge in [-0.05, 0) is 25.5 Å². The summed E-state index contributed by atoms with van der Waals surface area (Å²) in [6, 6.07) is 8.06. The minimum absolute atomic E-state index is 0.150. The number of imide groups is 2. The minimum atomic E-state index is -0.977. The van der Waals surface area contributed by atoms with E-state index in [1.807, 2.05) is 30.3 Å². The molecule has 1 N–H and O–H groups in total. The number of carbonyl (C=O) groups is 4. The molecule has 3 rings (SSSR count). The number of amides is 5. The third-order valence-corrected chi connectivity index (χ3v) is 4.13. The van der Waals surface area contributed by atoms with Crippen LogP contribution in [0, 0.1) is 0 Å². The Kier molecular flexibility index (Phi) is 4.75. The Morgan fingerprint density at radius 3 is 2.54 bits per heavy atom. The molecule has 1 aromatic carbocycles. The highest BCUT2D eigenvalue weighted by atomic mass is 16.3. The molecule has 2 aromatic rings. The van der Waals surface area contributed by atoms with Crippen molar-refractivity contribution < 1.29 is 23.6 Å². The number of rotatable bonds is 6. The van der Waals surface area contributed by atoms with E-state index >= 15 is 0 Å². The molecule has 1 aromatic heterocycles. The number of hydrogen-bond acceptors (Lipinski definition) is 5. The molecule has 0 aliphatic carbocycles. The minimum Gasteiger partial charge on any atom is -0.459 e. The second-order valence-corrected chi connectivity index (χ2v) is 6.11. The quantitative estimate of drug-likeness (QED) is 0.628. The molecule has 1 atom stereocenters. The average molecular weight is 357 g/mol. The van der Waals surface area contributed by atoms with Gasteiger partial charge in [-0.25, -0.2) is 9.69 Å². The van der Waals surface area contributed by atoms with Gasteiger partial charge in [0.2, 0.25) is 5.91 Å². The van der Waals surface area contributed by atoms with Gasteiger partial charge in [0, 0.05) is 11.9 Å². The van der Waals surface area contributed by atoms with Crippen LogP contribution in [0.15, 0.2) is 34.7 Å². The van der Waals surface area contributed by atoms with Crippen LogP contribution in [0.25, 0.3) is 11.0 Å². The van der Waals surface area contributed by atoms with Crippen molar-refractivity contribution in [3.05, 3.63) is 36.1 Å². The Labute approximate surface area is 149 Å². The van der Waals surface area contributed by atoms with Crippen molar-refractivity contribution >= 4 is 34.7 Å². The largest absolute Gasteiger partial charge is 0.459 e. The molecule has 136 valence electrons. The molecule has 0 spiro atoms. The summed E-state index contributed by atoms with van der Waals surface area (Å²) < 4.78 is 5.68. The van der Waals surface area contributed by atoms with Gasteiger partial charge in [-0.15, -0.1) is 0 Å². The van der Waals surface area contributed by atoms with Gasteiger partial charge in [0.1, 0.15) is 17.9 Å². The SMILES string of the molecule is CCCN1C(=O)C(=O)N(CC(=O)N[C@H](C)c2cc3ccccc3o2)C1=O. The molecule has 26 heavy (non-hydrogen) atoms. The first-order chi connectivity index (χ1) is 12.4. The molecule has 5 amide bonds. The highest BCUT2D eigenvalue weighted by molar-refractivity contribution is 6.45. The molecule has 1 aliphatic rings. The number of nitrogens with one attached hydrogen (secondary N) is 1. The van der Waals surface area contributed by atoms with E-state index in [9.17, 15) is 19.2 Å². The number of benzene rings is 1. The molecule has 2 heterocycles.